The Hall–Kier alpha value is -4.25. The van der Waals surface area contributed by atoms with Crippen LogP contribution in [-0.4, -0.2) is 39.5 Å². The second kappa shape index (κ2) is 12.0. The van der Waals surface area contributed by atoms with Crippen LogP contribution in [0.4, 0.5) is 55.9 Å². The third-order valence-corrected chi connectivity index (χ3v) is 6.72. The molecule has 1 atom stereocenters. The maximum Gasteiger partial charge on any atom is 0.533 e. The van der Waals surface area contributed by atoms with E-state index in [0.717, 1.165) is 15.9 Å². The number of hydroxylamine groups is 1. The lowest BCUT2D eigenvalue weighted by Gasteiger charge is -2.32. The number of rotatable bonds is 6. The Bertz CT molecular complexity index is 1470. The van der Waals surface area contributed by atoms with E-state index in [9.17, 15) is 44.3 Å². The number of fused-ring (bicyclic) bond motifs is 1. The number of hydrogen-bond donors (Lipinski definition) is 0. The largest absolute Gasteiger partial charge is 0.533 e. The number of carbonyl (C=O) groups is 1. The van der Waals surface area contributed by atoms with Gasteiger partial charge in [-0.05, 0) is 67.3 Å². The van der Waals surface area contributed by atoms with Crippen molar-refractivity contribution in [2.75, 3.05) is 23.1 Å². The number of benzene rings is 2. The zero-order valence-corrected chi connectivity index (χ0v) is 23.3. The Morgan fingerprint density at radius 1 is 0.977 bits per heavy atom. The number of alkyl halides is 9. The van der Waals surface area contributed by atoms with E-state index in [-0.39, 0.29) is 54.8 Å². The molecule has 1 aliphatic rings. The van der Waals surface area contributed by atoms with Gasteiger partial charge in [0.25, 0.3) is 5.95 Å². The minimum atomic E-state index is -5.11. The Labute approximate surface area is 244 Å². The topological polar surface area (TPSA) is 85.6 Å². The van der Waals surface area contributed by atoms with Crippen molar-refractivity contribution in [3.05, 3.63) is 63.7 Å². The van der Waals surface area contributed by atoms with Gasteiger partial charge in [-0.3, -0.25) is 0 Å². The first-order valence-electron chi connectivity index (χ1n) is 13.0. The zero-order chi connectivity index (χ0) is 32.6. The van der Waals surface area contributed by atoms with Crippen LogP contribution in [-0.2, 0) is 41.7 Å². The molecule has 3 aromatic rings. The lowest BCUT2D eigenvalue weighted by Crippen LogP contribution is -2.31. The van der Waals surface area contributed by atoms with Crippen molar-refractivity contribution in [3.8, 4) is 0 Å². The SMILES string of the molecule is CCOC(=O)ON1CCC[C@H](N(Cc2cc(C(F)(F)F)cc(C(F)(F)F)c2)c2nnn(C)n2)c2cc(C)c(C(F)(F)F)cc21. The summed E-state index contributed by atoms with van der Waals surface area (Å²) in [4.78, 5) is 19.6. The molecule has 0 spiro atoms. The van der Waals surface area contributed by atoms with Gasteiger partial charge in [0.2, 0.25) is 0 Å². The number of ether oxygens (including phenoxy) is 1. The quantitative estimate of drug-likeness (QED) is 0.210. The third kappa shape index (κ3) is 7.27. The van der Waals surface area contributed by atoms with E-state index in [4.69, 9.17) is 9.57 Å². The molecule has 2 heterocycles. The summed E-state index contributed by atoms with van der Waals surface area (Å²) >= 11 is 0. The number of carbonyl (C=O) groups excluding carboxylic acids is 1. The summed E-state index contributed by atoms with van der Waals surface area (Å²) in [6, 6.07) is 1.99. The first-order chi connectivity index (χ1) is 20.4. The summed E-state index contributed by atoms with van der Waals surface area (Å²) in [6.45, 7) is 1.85. The highest BCUT2D eigenvalue weighted by Gasteiger charge is 2.40. The van der Waals surface area contributed by atoms with E-state index in [1.807, 2.05) is 0 Å². The molecule has 4 rings (SSSR count). The lowest BCUT2D eigenvalue weighted by molar-refractivity contribution is -0.143. The van der Waals surface area contributed by atoms with Gasteiger partial charge >= 0.3 is 24.7 Å². The summed E-state index contributed by atoms with van der Waals surface area (Å²) < 4.78 is 128. The molecule has 0 unspecified atom stereocenters. The van der Waals surface area contributed by atoms with E-state index in [0.29, 0.717) is 12.1 Å². The number of anilines is 2. The molecule has 1 aromatic heterocycles. The molecule has 0 amide bonds. The first-order valence-corrected chi connectivity index (χ1v) is 13.0. The van der Waals surface area contributed by atoms with E-state index >= 15 is 0 Å². The fourth-order valence-electron chi connectivity index (χ4n) is 4.88. The molecule has 240 valence electrons. The Kier molecular flexibility index (Phi) is 8.93. The van der Waals surface area contributed by atoms with E-state index in [1.54, 1.807) is 0 Å². The summed E-state index contributed by atoms with van der Waals surface area (Å²) in [7, 11) is 1.37. The lowest BCUT2D eigenvalue weighted by atomic mass is 9.94. The van der Waals surface area contributed by atoms with Gasteiger partial charge in [0.1, 0.15) is 0 Å². The van der Waals surface area contributed by atoms with Crippen molar-refractivity contribution in [1.82, 2.24) is 20.2 Å². The molecule has 0 N–H and O–H groups in total. The van der Waals surface area contributed by atoms with Crippen LogP contribution in [0.1, 0.15) is 59.2 Å². The highest BCUT2D eigenvalue weighted by molar-refractivity contribution is 5.66. The fraction of sp³-hybridized carbons (Fsp3) is 0.462. The van der Waals surface area contributed by atoms with Crippen molar-refractivity contribution in [3.63, 3.8) is 0 Å². The minimum Gasteiger partial charge on any atom is -0.433 e. The van der Waals surface area contributed by atoms with Gasteiger partial charge in [-0.15, -0.1) is 5.10 Å². The molecule has 0 bridgehead atoms. The number of aromatic nitrogens is 4. The molecule has 1 aliphatic heterocycles. The Morgan fingerprint density at radius 3 is 2.14 bits per heavy atom. The van der Waals surface area contributed by atoms with Crippen LogP contribution >= 0.6 is 0 Å². The van der Waals surface area contributed by atoms with Gasteiger partial charge in [-0.25, -0.2) is 9.86 Å². The van der Waals surface area contributed by atoms with Crippen LogP contribution in [0.2, 0.25) is 0 Å². The molecule has 0 aliphatic carbocycles. The molecule has 0 saturated carbocycles. The molecule has 18 heteroatoms. The average Bonchev–Trinajstić information content (AvgIpc) is 3.26. The van der Waals surface area contributed by atoms with Gasteiger partial charge in [0.05, 0.1) is 48.6 Å². The number of tetrazole rings is 1. The second-order valence-electron chi connectivity index (χ2n) is 9.88. The highest BCUT2D eigenvalue weighted by atomic mass is 19.4. The van der Waals surface area contributed by atoms with Crippen molar-refractivity contribution in [1.29, 1.82) is 0 Å². The summed E-state index contributed by atoms with van der Waals surface area (Å²) in [5.41, 5.74) is -4.89. The van der Waals surface area contributed by atoms with Gasteiger partial charge < -0.3 is 14.5 Å². The van der Waals surface area contributed by atoms with E-state index < -0.39 is 59.5 Å². The normalized spacial score (nSPS) is 15.9. The van der Waals surface area contributed by atoms with Crippen LogP contribution in [0.15, 0.2) is 30.3 Å². The van der Waals surface area contributed by atoms with Crippen LogP contribution in [0.3, 0.4) is 0 Å². The molecule has 0 saturated heterocycles. The number of aryl methyl sites for hydroxylation is 2. The average molecular weight is 641 g/mol. The van der Waals surface area contributed by atoms with Gasteiger partial charge in [-0.2, -0.15) is 44.3 Å². The highest BCUT2D eigenvalue weighted by Crippen LogP contribution is 2.44. The maximum atomic E-state index is 13.9. The van der Waals surface area contributed by atoms with Crippen molar-refractivity contribution >= 4 is 17.8 Å². The molecule has 9 nitrogen and oxygen atoms in total. The number of hydrogen-bond acceptors (Lipinski definition) is 8. The van der Waals surface area contributed by atoms with Crippen molar-refractivity contribution < 1.29 is 53.9 Å². The van der Waals surface area contributed by atoms with Gasteiger partial charge in [-0.1, -0.05) is 11.2 Å². The Balaban J connectivity index is 1.90. The number of nitrogens with zero attached hydrogens (tertiary/aromatic N) is 6. The summed E-state index contributed by atoms with van der Waals surface area (Å²) in [5.74, 6) is -0.216. The summed E-state index contributed by atoms with van der Waals surface area (Å²) in [6.07, 6.45) is -16.0. The fourth-order valence-corrected chi connectivity index (χ4v) is 4.88. The second-order valence-corrected chi connectivity index (χ2v) is 9.88. The molecular formula is C26H25F9N6O3. The van der Waals surface area contributed by atoms with E-state index in [2.05, 4.69) is 15.4 Å². The van der Waals surface area contributed by atoms with Crippen molar-refractivity contribution in [2.45, 2.75) is 57.8 Å². The van der Waals surface area contributed by atoms with E-state index in [1.165, 1.54) is 31.9 Å². The van der Waals surface area contributed by atoms with Crippen molar-refractivity contribution in [2.24, 2.45) is 7.05 Å². The van der Waals surface area contributed by atoms with Crippen LogP contribution in [0.25, 0.3) is 0 Å². The van der Waals surface area contributed by atoms with Crippen LogP contribution in [0, 0.1) is 6.92 Å². The standard InChI is InChI=1S/C26H25F9N6O3/c1-4-43-23(42)44-41-7-5-6-20(18-8-14(2)19(12-21(18)41)26(33,34)35)40(22-36-38-39(3)37-22)13-15-9-16(24(27,28)29)11-17(10-15)25(30,31)32/h8-12,20H,4-7,13H2,1-3H3/t20-/m0/s1. The monoisotopic (exact) mass is 640 g/mol. The van der Waals surface area contributed by atoms with Gasteiger partial charge in [0.15, 0.2) is 0 Å². The maximum absolute atomic E-state index is 13.9. The number of halogens is 9. The predicted octanol–water partition coefficient (Wildman–Crippen LogP) is 7.01. The summed E-state index contributed by atoms with van der Waals surface area (Å²) in [5, 5.41) is 12.6. The smallest absolute Gasteiger partial charge is 0.433 e. The zero-order valence-electron chi connectivity index (χ0n) is 23.3. The van der Waals surface area contributed by atoms with Crippen LogP contribution < -0.4 is 9.96 Å². The minimum absolute atomic E-state index is 0.0119. The van der Waals surface area contributed by atoms with Gasteiger partial charge in [0, 0.05) is 12.1 Å². The molecule has 0 fully saturated rings. The predicted molar refractivity (Wildman–Crippen MR) is 135 cm³/mol. The Morgan fingerprint density at radius 2 is 1.61 bits per heavy atom. The molecule has 44 heavy (non-hydrogen) atoms. The first kappa shape index (κ1) is 32.7. The molecule has 0 radical (unpaired) electrons. The molecular weight excluding hydrogens is 615 g/mol. The van der Waals surface area contributed by atoms with Crippen LogP contribution in [0.5, 0.6) is 0 Å². The molecule has 2 aromatic carbocycles. The third-order valence-electron chi connectivity index (χ3n) is 6.72.